The maximum Gasteiger partial charge on any atom is 0.282 e. The van der Waals surface area contributed by atoms with Gasteiger partial charge in [-0.2, -0.15) is 9.78 Å². The summed E-state index contributed by atoms with van der Waals surface area (Å²) in [5.74, 6) is 0.245. The van der Waals surface area contributed by atoms with Gasteiger partial charge in [0.1, 0.15) is 11.6 Å². The summed E-state index contributed by atoms with van der Waals surface area (Å²) in [4.78, 5) is 41.1. The molecule has 0 aliphatic rings. The molecule has 0 aliphatic heterocycles. The molecule has 11 heteroatoms. The molecule has 0 atom stereocenters. The Labute approximate surface area is 226 Å². The minimum Gasteiger partial charge on any atom is -0.483 e. The van der Waals surface area contributed by atoms with Crippen molar-refractivity contribution in [1.29, 1.82) is 0 Å². The molecular weight excluding hydrogens is 554 g/mol. The number of carbonyl (C=O) groups excluding carboxylic acids is 1. The van der Waals surface area contributed by atoms with E-state index in [2.05, 4.69) is 31.3 Å². The number of nitro groups is 1. The number of nitrogens with one attached hydrogen (secondary N) is 1. The van der Waals surface area contributed by atoms with Crippen LogP contribution in [0, 0.1) is 17.0 Å². The summed E-state index contributed by atoms with van der Waals surface area (Å²) >= 11 is 3.37. The van der Waals surface area contributed by atoms with Gasteiger partial charge < -0.3 is 10.1 Å². The van der Waals surface area contributed by atoms with Gasteiger partial charge in [0.05, 0.1) is 22.0 Å². The Kier molecular flexibility index (Phi) is 8.27. The number of nitrogens with zero attached hydrogens (tertiary/aromatic N) is 4. The van der Waals surface area contributed by atoms with Crippen molar-refractivity contribution in [3.63, 3.8) is 0 Å². The molecule has 0 fully saturated rings. The lowest BCUT2D eigenvalue weighted by atomic mass is 10.2. The number of aromatic nitrogens is 2. The number of hydrogen-bond acceptors (Lipinski definition) is 7. The van der Waals surface area contributed by atoms with Crippen LogP contribution in [0.2, 0.25) is 0 Å². The zero-order chi connectivity index (χ0) is 27.2. The quantitative estimate of drug-likeness (QED) is 0.165. The molecule has 10 nitrogen and oxygen atoms in total. The molecule has 0 radical (unpaired) electrons. The average Bonchev–Trinajstić information content (AvgIpc) is 2.89. The minimum atomic E-state index is -0.547. The van der Waals surface area contributed by atoms with Gasteiger partial charge in [-0.1, -0.05) is 40.5 Å². The second-order valence-corrected chi connectivity index (χ2v) is 9.40. The highest BCUT2D eigenvalue weighted by Gasteiger charge is 2.14. The number of amides is 1. The monoisotopic (exact) mass is 577 g/mol. The first-order chi connectivity index (χ1) is 18.2. The summed E-state index contributed by atoms with van der Waals surface area (Å²) in [6.07, 6.45) is 2.52. The highest BCUT2D eigenvalue weighted by atomic mass is 79.9. The topological polar surface area (TPSA) is 129 Å². The normalized spacial score (nSPS) is 11.1. The molecule has 194 valence electrons. The fourth-order valence-corrected chi connectivity index (χ4v) is 4.04. The van der Waals surface area contributed by atoms with Crippen LogP contribution in [0.15, 0.2) is 75.0 Å². The Morgan fingerprint density at radius 3 is 2.66 bits per heavy atom. The van der Waals surface area contributed by atoms with Gasteiger partial charge in [0, 0.05) is 34.3 Å². The number of fused-ring (bicyclic) bond motifs is 1. The van der Waals surface area contributed by atoms with E-state index in [0.717, 1.165) is 16.5 Å². The van der Waals surface area contributed by atoms with E-state index < -0.39 is 10.8 Å². The van der Waals surface area contributed by atoms with Crippen LogP contribution < -0.4 is 15.6 Å². The SMILES string of the molecule is CCCc1nc2ccc(Br)cc2c(=O)n1N=Cc1cc([N+](=O)[O-])ccc1OCC(=O)Nc1ccc(C)cc1. The predicted molar refractivity (Wildman–Crippen MR) is 149 cm³/mol. The highest BCUT2D eigenvalue weighted by Crippen LogP contribution is 2.23. The molecule has 1 aromatic heterocycles. The van der Waals surface area contributed by atoms with Gasteiger partial charge in [-0.3, -0.25) is 19.7 Å². The van der Waals surface area contributed by atoms with Crippen molar-refractivity contribution in [2.75, 3.05) is 11.9 Å². The summed E-state index contributed by atoms with van der Waals surface area (Å²) in [6, 6.07) is 16.5. The van der Waals surface area contributed by atoms with Gasteiger partial charge in [-0.25, -0.2) is 4.98 Å². The molecule has 0 spiro atoms. The number of nitro benzene ring substituents is 1. The van der Waals surface area contributed by atoms with Crippen molar-refractivity contribution in [2.24, 2.45) is 5.10 Å². The number of anilines is 1. The third kappa shape index (κ3) is 6.30. The molecule has 0 unspecified atom stereocenters. The first kappa shape index (κ1) is 26.7. The number of non-ortho nitro benzene ring substituents is 1. The van der Waals surface area contributed by atoms with Crippen molar-refractivity contribution in [3.05, 3.63) is 103 Å². The van der Waals surface area contributed by atoms with Crippen molar-refractivity contribution in [1.82, 2.24) is 9.66 Å². The van der Waals surface area contributed by atoms with Crippen LogP contribution in [0.4, 0.5) is 11.4 Å². The maximum absolute atomic E-state index is 13.3. The molecule has 0 saturated heterocycles. The molecule has 1 amide bonds. The van der Waals surface area contributed by atoms with Gasteiger partial charge in [0.25, 0.3) is 17.2 Å². The van der Waals surface area contributed by atoms with Gasteiger partial charge in [-0.15, -0.1) is 0 Å². The zero-order valence-electron chi connectivity index (χ0n) is 20.7. The second kappa shape index (κ2) is 11.8. The number of ether oxygens (including phenoxy) is 1. The first-order valence-corrected chi connectivity index (χ1v) is 12.6. The Morgan fingerprint density at radius 1 is 1.18 bits per heavy atom. The molecule has 0 aliphatic carbocycles. The summed E-state index contributed by atoms with van der Waals surface area (Å²) in [5.41, 5.74) is 1.89. The number of halogens is 1. The van der Waals surface area contributed by atoms with Crippen LogP contribution in [-0.2, 0) is 11.2 Å². The predicted octanol–water partition coefficient (Wildman–Crippen LogP) is 5.23. The molecule has 38 heavy (non-hydrogen) atoms. The van der Waals surface area contributed by atoms with Gasteiger partial charge in [0.2, 0.25) is 0 Å². The van der Waals surface area contributed by atoms with E-state index in [4.69, 9.17) is 4.74 Å². The minimum absolute atomic E-state index is 0.190. The van der Waals surface area contributed by atoms with E-state index in [1.54, 1.807) is 30.3 Å². The van der Waals surface area contributed by atoms with E-state index in [1.165, 1.54) is 29.1 Å². The van der Waals surface area contributed by atoms with Crippen molar-refractivity contribution in [3.8, 4) is 5.75 Å². The zero-order valence-corrected chi connectivity index (χ0v) is 22.3. The molecule has 4 aromatic rings. The summed E-state index contributed by atoms with van der Waals surface area (Å²) in [6.45, 7) is 3.57. The van der Waals surface area contributed by atoms with Gasteiger partial charge in [0.15, 0.2) is 6.61 Å². The molecule has 3 aromatic carbocycles. The Balaban J connectivity index is 1.65. The summed E-state index contributed by atoms with van der Waals surface area (Å²) in [5, 5.41) is 18.8. The van der Waals surface area contributed by atoms with E-state index in [1.807, 2.05) is 26.0 Å². The summed E-state index contributed by atoms with van der Waals surface area (Å²) < 4.78 is 7.59. The summed E-state index contributed by atoms with van der Waals surface area (Å²) in [7, 11) is 0. The van der Waals surface area contributed by atoms with Gasteiger partial charge >= 0.3 is 0 Å². The lowest BCUT2D eigenvalue weighted by Crippen LogP contribution is -2.22. The van der Waals surface area contributed by atoms with Crippen LogP contribution >= 0.6 is 15.9 Å². The number of benzene rings is 3. The third-order valence-corrected chi connectivity index (χ3v) is 6.05. The number of rotatable bonds is 9. The Hall–Kier alpha value is -4.38. The Morgan fingerprint density at radius 2 is 1.95 bits per heavy atom. The van der Waals surface area contributed by atoms with Crippen LogP contribution in [-0.4, -0.2) is 33.3 Å². The maximum atomic E-state index is 13.3. The largest absolute Gasteiger partial charge is 0.483 e. The van der Waals surface area contributed by atoms with E-state index in [0.29, 0.717) is 28.8 Å². The second-order valence-electron chi connectivity index (χ2n) is 8.48. The van der Waals surface area contributed by atoms with Crippen LogP contribution in [0.25, 0.3) is 10.9 Å². The molecular formula is C27H24BrN5O5. The first-order valence-electron chi connectivity index (χ1n) is 11.8. The van der Waals surface area contributed by atoms with Gasteiger partial charge in [-0.05, 0) is 49.7 Å². The Bertz CT molecular complexity index is 1600. The highest BCUT2D eigenvalue weighted by molar-refractivity contribution is 9.10. The standard InChI is InChI=1S/C27H24BrN5O5/c1-3-4-25-31-23-11-7-19(28)14-22(23)27(35)32(25)29-15-18-13-21(33(36)37)10-12-24(18)38-16-26(34)30-20-8-5-17(2)6-9-20/h5-15H,3-4,16H2,1-2H3,(H,30,34). The number of hydrogen-bond donors (Lipinski definition) is 1. The third-order valence-electron chi connectivity index (χ3n) is 5.56. The smallest absolute Gasteiger partial charge is 0.282 e. The lowest BCUT2D eigenvalue weighted by molar-refractivity contribution is -0.384. The molecule has 4 rings (SSSR count). The van der Waals surface area contributed by atoms with E-state index in [-0.39, 0.29) is 29.2 Å². The van der Waals surface area contributed by atoms with Crippen LogP contribution in [0.5, 0.6) is 5.75 Å². The lowest BCUT2D eigenvalue weighted by Gasteiger charge is -2.11. The van der Waals surface area contributed by atoms with Crippen LogP contribution in [0.1, 0.15) is 30.3 Å². The number of aryl methyl sites for hydroxylation is 2. The molecule has 1 heterocycles. The number of carbonyl (C=O) groups is 1. The van der Waals surface area contributed by atoms with E-state index >= 15 is 0 Å². The molecule has 0 saturated carbocycles. The van der Waals surface area contributed by atoms with Crippen molar-refractivity contribution >= 4 is 50.3 Å². The fraction of sp³-hybridized carbons (Fsp3) is 0.185. The molecule has 1 N–H and O–H groups in total. The van der Waals surface area contributed by atoms with Crippen molar-refractivity contribution < 1.29 is 14.5 Å². The van der Waals surface area contributed by atoms with E-state index in [9.17, 15) is 19.7 Å². The molecule has 0 bridgehead atoms. The van der Waals surface area contributed by atoms with Crippen molar-refractivity contribution in [2.45, 2.75) is 26.7 Å². The fourth-order valence-electron chi connectivity index (χ4n) is 3.68. The van der Waals surface area contributed by atoms with Crippen LogP contribution in [0.3, 0.4) is 0 Å². The average molecular weight is 578 g/mol.